The number of hydrazine groups is 1. The summed E-state index contributed by atoms with van der Waals surface area (Å²) in [7, 11) is 3.35. The second-order valence-corrected chi connectivity index (χ2v) is 4.44. The van der Waals surface area contributed by atoms with Crippen LogP contribution >= 0.6 is 0 Å². The van der Waals surface area contributed by atoms with Crippen LogP contribution in [-0.2, 0) is 0 Å². The Balaban J connectivity index is 2.31. The van der Waals surface area contributed by atoms with Crippen LogP contribution in [0.5, 0.6) is 11.5 Å². The van der Waals surface area contributed by atoms with E-state index in [2.05, 4.69) is 5.43 Å². The molecular formula is C13H20N2O2. The van der Waals surface area contributed by atoms with Crippen LogP contribution in [0, 0.1) is 5.92 Å². The van der Waals surface area contributed by atoms with Crippen molar-refractivity contribution in [2.75, 3.05) is 14.2 Å². The summed E-state index contributed by atoms with van der Waals surface area (Å²) in [5, 5.41) is 0. The Kier molecular flexibility index (Phi) is 3.86. The van der Waals surface area contributed by atoms with Gasteiger partial charge in [-0.15, -0.1) is 0 Å². The van der Waals surface area contributed by atoms with Crippen LogP contribution in [0.4, 0.5) is 0 Å². The Bertz CT molecular complexity index is 378. The van der Waals surface area contributed by atoms with Crippen molar-refractivity contribution in [1.29, 1.82) is 0 Å². The highest BCUT2D eigenvalue weighted by molar-refractivity contribution is 5.42. The van der Waals surface area contributed by atoms with Crippen LogP contribution in [-0.4, -0.2) is 14.2 Å². The molecule has 0 spiro atoms. The van der Waals surface area contributed by atoms with E-state index in [1.165, 1.54) is 19.3 Å². The lowest BCUT2D eigenvalue weighted by Crippen LogP contribution is -2.36. The zero-order valence-electron chi connectivity index (χ0n) is 10.4. The van der Waals surface area contributed by atoms with E-state index in [1.54, 1.807) is 14.2 Å². The van der Waals surface area contributed by atoms with Gasteiger partial charge in [-0.2, -0.15) is 0 Å². The van der Waals surface area contributed by atoms with E-state index in [-0.39, 0.29) is 6.04 Å². The molecule has 17 heavy (non-hydrogen) atoms. The SMILES string of the molecule is COc1ccc(OC)c(C(NN)C2CCC2)c1. The van der Waals surface area contributed by atoms with Crippen molar-refractivity contribution < 1.29 is 9.47 Å². The van der Waals surface area contributed by atoms with Crippen molar-refractivity contribution in [2.45, 2.75) is 25.3 Å². The molecule has 0 radical (unpaired) electrons. The molecule has 0 amide bonds. The molecule has 1 unspecified atom stereocenters. The molecule has 0 saturated heterocycles. The third kappa shape index (κ3) is 2.37. The molecule has 2 rings (SSSR count). The second kappa shape index (κ2) is 5.38. The maximum Gasteiger partial charge on any atom is 0.123 e. The first-order valence-electron chi connectivity index (χ1n) is 5.98. The van der Waals surface area contributed by atoms with E-state index >= 15 is 0 Å². The monoisotopic (exact) mass is 236 g/mol. The molecule has 1 aromatic rings. The second-order valence-electron chi connectivity index (χ2n) is 4.44. The molecule has 1 aliphatic carbocycles. The van der Waals surface area contributed by atoms with E-state index in [0.717, 1.165) is 17.1 Å². The Morgan fingerprint density at radius 3 is 2.53 bits per heavy atom. The molecule has 4 nitrogen and oxygen atoms in total. The van der Waals surface area contributed by atoms with E-state index in [4.69, 9.17) is 15.3 Å². The first kappa shape index (κ1) is 12.2. The fourth-order valence-corrected chi connectivity index (χ4v) is 2.34. The third-order valence-corrected chi connectivity index (χ3v) is 3.57. The quantitative estimate of drug-likeness (QED) is 0.606. The van der Waals surface area contributed by atoms with Gasteiger partial charge in [-0.25, -0.2) is 0 Å². The van der Waals surface area contributed by atoms with Gasteiger partial charge in [-0.05, 0) is 37.0 Å². The van der Waals surface area contributed by atoms with Gasteiger partial charge in [0.05, 0.1) is 20.3 Å². The standard InChI is InChI=1S/C13H20N2O2/c1-16-10-6-7-12(17-2)11(8-10)13(15-14)9-4-3-5-9/h6-9,13,15H,3-5,14H2,1-2H3. The van der Waals surface area contributed by atoms with Crippen molar-refractivity contribution in [2.24, 2.45) is 11.8 Å². The van der Waals surface area contributed by atoms with Crippen molar-refractivity contribution in [1.82, 2.24) is 5.43 Å². The van der Waals surface area contributed by atoms with Gasteiger partial charge >= 0.3 is 0 Å². The van der Waals surface area contributed by atoms with E-state index in [1.807, 2.05) is 18.2 Å². The minimum atomic E-state index is 0.147. The number of nitrogens with two attached hydrogens (primary N) is 1. The summed E-state index contributed by atoms with van der Waals surface area (Å²) in [5.74, 6) is 7.98. The normalized spacial score (nSPS) is 17.4. The zero-order chi connectivity index (χ0) is 12.3. The first-order chi connectivity index (χ1) is 8.30. The molecular weight excluding hydrogens is 216 g/mol. The van der Waals surface area contributed by atoms with Crippen molar-refractivity contribution in [3.05, 3.63) is 23.8 Å². The summed E-state index contributed by atoms with van der Waals surface area (Å²) < 4.78 is 10.7. The fourth-order valence-electron chi connectivity index (χ4n) is 2.34. The van der Waals surface area contributed by atoms with Gasteiger partial charge in [0.2, 0.25) is 0 Å². The molecule has 1 fully saturated rings. The highest BCUT2D eigenvalue weighted by Crippen LogP contribution is 2.41. The Morgan fingerprint density at radius 2 is 2.06 bits per heavy atom. The third-order valence-electron chi connectivity index (χ3n) is 3.57. The molecule has 0 heterocycles. The number of methoxy groups -OCH3 is 2. The van der Waals surface area contributed by atoms with Crippen LogP contribution in [0.15, 0.2) is 18.2 Å². The maximum atomic E-state index is 5.68. The molecule has 4 heteroatoms. The summed E-state index contributed by atoms with van der Waals surface area (Å²) in [6.07, 6.45) is 3.72. The lowest BCUT2D eigenvalue weighted by molar-refractivity contribution is 0.227. The highest BCUT2D eigenvalue weighted by atomic mass is 16.5. The van der Waals surface area contributed by atoms with Crippen molar-refractivity contribution >= 4 is 0 Å². The van der Waals surface area contributed by atoms with Gasteiger partial charge in [0.1, 0.15) is 11.5 Å². The summed E-state index contributed by atoms with van der Waals surface area (Å²) in [5.41, 5.74) is 3.99. The lowest BCUT2D eigenvalue weighted by Gasteiger charge is -2.34. The average molecular weight is 236 g/mol. The molecule has 94 valence electrons. The van der Waals surface area contributed by atoms with E-state index in [0.29, 0.717) is 5.92 Å². The van der Waals surface area contributed by atoms with Crippen LogP contribution in [0.2, 0.25) is 0 Å². The minimum absolute atomic E-state index is 0.147. The van der Waals surface area contributed by atoms with Gasteiger partial charge in [0.25, 0.3) is 0 Å². The van der Waals surface area contributed by atoms with Crippen LogP contribution in [0.3, 0.4) is 0 Å². The molecule has 3 N–H and O–H groups in total. The van der Waals surface area contributed by atoms with Gasteiger partial charge in [-0.3, -0.25) is 11.3 Å². The molecule has 0 aromatic heterocycles. The van der Waals surface area contributed by atoms with Crippen molar-refractivity contribution in [3.8, 4) is 11.5 Å². The number of rotatable bonds is 5. The van der Waals surface area contributed by atoms with Gasteiger partial charge in [0, 0.05) is 5.56 Å². The van der Waals surface area contributed by atoms with Gasteiger partial charge in [-0.1, -0.05) is 6.42 Å². The average Bonchev–Trinajstić information content (AvgIpc) is 2.32. The number of ether oxygens (including phenoxy) is 2. The predicted octanol–water partition coefficient (Wildman–Crippen LogP) is 2.01. The van der Waals surface area contributed by atoms with Gasteiger partial charge < -0.3 is 9.47 Å². The van der Waals surface area contributed by atoms with Crippen LogP contribution in [0.25, 0.3) is 0 Å². The number of nitrogens with one attached hydrogen (secondary N) is 1. The molecule has 1 atom stereocenters. The zero-order valence-corrected chi connectivity index (χ0v) is 10.4. The molecule has 1 saturated carbocycles. The predicted molar refractivity (Wildman–Crippen MR) is 67.0 cm³/mol. The van der Waals surface area contributed by atoms with Crippen molar-refractivity contribution in [3.63, 3.8) is 0 Å². The molecule has 0 aliphatic heterocycles. The van der Waals surface area contributed by atoms with Crippen LogP contribution in [0.1, 0.15) is 30.9 Å². The summed E-state index contributed by atoms with van der Waals surface area (Å²) in [4.78, 5) is 0. The maximum absolute atomic E-state index is 5.68. The molecule has 1 aromatic carbocycles. The Hall–Kier alpha value is -1.26. The topological polar surface area (TPSA) is 56.5 Å². The summed E-state index contributed by atoms with van der Waals surface area (Å²) >= 11 is 0. The number of hydrogen-bond donors (Lipinski definition) is 2. The van der Waals surface area contributed by atoms with Gasteiger partial charge in [0.15, 0.2) is 0 Å². The van der Waals surface area contributed by atoms with E-state index in [9.17, 15) is 0 Å². The molecule has 1 aliphatic rings. The lowest BCUT2D eigenvalue weighted by atomic mass is 9.77. The fraction of sp³-hybridized carbons (Fsp3) is 0.538. The summed E-state index contributed by atoms with van der Waals surface area (Å²) in [6, 6.07) is 5.98. The summed E-state index contributed by atoms with van der Waals surface area (Å²) in [6.45, 7) is 0. The van der Waals surface area contributed by atoms with E-state index < -0.39 is 0 Å². The number of hydrogen-bond acceptors (Lipinski definition) is 4. The molecule has 0 bridgehead atoms. The van der Waals surface area contributed by atoms with Crippen LogP contribution < -0.4 is 20.7 Å². The largest absolute Gasteiger partial charge is 0.497 e. The Morgan fingerprint density at radius 1 is 1.29 bits per heavy atom. The minimum Gasteiger partial charge on any atom is -0.497 e. The first-order valence-corrected chi connectivity index (χ1v) is 5.98. The Labute approximate surface area is 102 Å². The highest BCUT2D eigenvalue weighted by Gasteiger charge is 2.29. The number of benzene rings is 1. The smallest absolute Gasteiger partial charge is 0.123 e.